The van der Waals surface area contributed by atoms with Gasteiger partial charge in [-0.3, -0.25) is 4.79 Å². The number of hydrogen-bond acceptors (Lipinski definition) is 2. The van der Waals surface area contributed by atoms with E-state index in [4.69, 9.17) is 5.11 Å². The van der Waals surface area contributed by atoms with Crippen LogP contribution in [0.25, 0.3) is 0 Å². The Morgan fingerprint density at radius 1 is 1.32 bits per heavy atom. The Hall–Kier alpha value is -1.56. The summed E-state index contributed by atoms with van der Waals surface area (Å²) in [6.45, 7) is 2.38. The first kappa shape index (κ1) is 15.5. The first-order valence-corrected chi connectivity index (χ1v) is 6.81. The number of halogens is 1. The lowest BCUT2D eigenvalue weighted by molar-refractivity contribution is -0.137. The van der Waals surface area contributed by atoms with Crippen molar-refractivity contribution < 1.29 is 14.7 Å². The van der Waals surface area contributed by atoms with Crippen molar-refractivity contribution in [2.45, 2.75) is 26.2 Å². The summed E-state index contributed by atoms with van der Waals surface area (Å²) in [5, 5.41) is 13.9. The van der Waals surface area contributed by atoms with Crippen molar-refractivity contribution >= 4 is 33.6 Å². The van der Waals surface area contributed by atoms with Gasteiger partial charge in [-0.1, -0.05) is 22.0 Å². The fourth-order valence-electron chi connectivity index (χ4n) is 1.50. The van der Waals surface area contributed by atoms with Crippen molar-refractivity contribution in [3.63, 3.8) is 0 Å². The Bertz CT molecular complexity index is 463. The van der Waals surface area contributed by atoms with Gasteiger partial charge in [0, 0.05) is 23.1 Å². The number of unbranched alkanes of at least 4 members (excludes halogenated alkanes) is 1. The van der Waals surface area contributed by atoms with Crippen LogP contribution < -0.4 is 10.6 Å². The number of amides is 2. The number of carboxylic acid groups (broad SMARTS) is 1. The Labute approximate surface area is 120 Å². The summed E-state index contributed by atoms with van der Waals surface area (Å²) >= 11 is 3.35. The lowest BCUT2D eigenvalue weighted by Crippen LogP contribution is -2.29. The molecule has 0 unspecified atom stereocenters. The molecule has 0 aromatic heterocycles. The zero-order valence-electron chi connectivity index (χ0n) is 10.7. The van der Waals surface area contributed by atoms with E-state index in [1.165, 1.54) is 0 Å². The lowest BCUT2D eigenvalue weighted by atomic mass is 10.2. The third-order valence-electron chi connectivity index (χ3n) is 2.55. The molecular formula is C13H17BrN2O3. The molecular weight excluding hydrogens is 312 g/mol. The molecule has 0 spiro atoms. The monoisotopic (exact) mass is 328 g/mol. The van der Waals surface area contributed by atoms with Crippen LogP contribution in [-0.4, -0.2) is 23.7 Å². The van der Waals surface area contributed by atoms with Crippen LogP contribution in [0, 0.1) is 6.92 Å². The normalized spacial score (nSPS) is 10.0. The maximum Gasteiger partial charge on any atom is 0.319 e. The minimum atomic E-state index is -0.811. The zero-order chi connectivity index (χ0) is 14.3. The molecule has 0 bridgehead atoms. The second-order valence-corrected chi connectivity index (χ2v) is 5.11. The van der Waals surface area contributed by atoms with Crippen molar-refractivity contribution in [2.24, 2.45) is 0 Å². The summed E-state index contributed by atoms with van der Waals surface area (Å²) in [4.78, 5) is 21.9. The molecule has 0 atom stereocenters. The number of aliphatic carboxylic acids is 1. The summed E-state index contributed by atoms with van der Waals surface area (Å²) in [6, 6.07) is 5.37. The minimum absolute atomic E-state index is 0.133. The fraction of sp³-hybridized carbons (Fsp3) is 0.385. The van der Waals surface area contributed by atoms with E-state index in [2.05, 4.69) is 26.6 Å². The first-order valence-electron chi connectivity index (χ1n) is 6.02. The van der Waals surface area contributed by atoms with Crippen molar-refractivity contribution in [3.8, 4) is 0 Å². The maximum atomic E-state index is 11.6. The molecule has 104 valence electrons. The van der Waals surface area contributed by atoms with Gasteiger partial charge in [0.05, 0.1) is 0 Å². The number of hydrogen-bond donors (Lipinski definition) is 3. The molecule has 0 heterocycles. The number of aryl methyl sites for hydroxylation is 1. The Morgan fingerprint density at radius 2 is 2.05 bits per heavy atom. The van der Waals surface area contributed by atoms with Gasteiger partial charge in [-0.05, 0) is 37.5 Å². The molecule has 0 aliphatic rings. The molecule has 0 saturated heterocycles. The maximum absolute atomic E-state index is 11.6. The first-order chi connectivity index (χ1) is 8.99. The molecule has 0 radical (unpaired) electrons. The van der Waals surface area contributed by atoms with Crippen LogP contribution in [0.4, 0.5) is 10.5 Å². The molecule has 5 nitrogen and oxygen atoms in total. The second kappa shape index (κ2) is 7.78. The van der Waals surface area contributed by atoms with Crippen LogP contribution >= 0.6 is 15.9 Å². The molecule has 1 aromatic carbocycles. The summed E-state index contributed by atoms with van der Waals surface area (Å²) in [5.41, 5.74) is 1.72. The number of carbonyl (C=O) groups excluding carboxylic acids is 1. The van der Waals surface area contributed by atoms with E-state index in [9.17, 15) is 9.59 Å². The molecule has 1 rings (SSSR count). The number of carbonyl (C=O) groups is 2. The van der Waals surface area contributed by atoms with E-state index in [0.717, 1.165) is 15.7 Å². The van der Waals surface area contributed by atoms with Gasteiger partial charge in [-0.25, -0.2) is 4.79 Å². The number of benzene rings is 1. The molecule has 0 aliphatic carbocycles. The molecule has 19 heavy (non-hydrogen) atoms. The van der Waals surface area contributed by atoms with E-state index in [0.29, 0.717) is 19.4 Å². The topological polar surface area (TPSA) is 78.4 Å². The van der Waals surface area contributed by atoms with Gasteiger partial charge in [-0.15, -0.1) is 0 Å². The number of rotatable bonds is 6. The van der Waals surface area contributed by atoms with Gasteiger partial charge in [0.15, 0.2) is 0 Å². The predicted molar refractivity (Wildman–Crippen MR) is 77.4 cm³/mol. The van der Waals surface area contributed by atoms with Gasteiger partial charge in [0.1, 0.15) is 0 Å². The SMILES string of the molecule is Cc1ccc(Br)cc1NC(=O)NCCCCC(=O)O. The highest BCUT2D eigenvalue weighted by Crippen LogP contribution is 2.20. The molecule has 2 amide bonds. The van der Waals surface area contributed by atoms with Crippen LogP contribution in [0.5, 0.6) is 0 Å². The van der Waals surface area contributed by atoms with Crippen LogP contribution in [0.3, 0.4) is 0 Å². The van der Waals surface area contributed by atoms with Crippen molar-refractivity contribution in [1.29, 1.82) is 0 Å². The van der Waals surface area contributed by atoms with E-state index in [-0.39, 0.29) is 12.5 Å². The molecule has 0 aliphatic heterocycles. The van der Waals surface area contributed by atoms with Crippen LogP contribution in [0.2, 0.25) is 0 Å². The summed E-state index contributed by atoms with van der Waals surface area (Å²) in [7, 11) is 0. The highest BCUT2D eigenvalue weighted by Gasteiger charge is 2.04. The number of urea groups is 1. The number of nitrogens with one attached hydrogen (secondary N) is 2. The second-order valence-electron chi connectivity index (χ2n) is 4.19. The van der Waals surface area contributed by atoms with Gasteiger partial charge in [-0.2, -0.15) is 0 Å². The Kier molecular flexibility index (Phi) is 6.35. The Balaban J connectivity index is 2.31. The highest BCUT2D eigenvalue weighted by molar-refractivity contribution is 9.10. The predicted octanol–water partition coefficient (Wildman–Crippen LogP) is 3.13. The van der Waals surface area contributed by atoms with E-state index in [1.54, 1.807) is 0 Å². The zero-order valence-corrected chi connectivity index (χ0v) is 12.3. The van der Waals surface area contributed by atoms with Gasteiger partial charge in [0.2, 0.25) is 0 Å². The number of carboxylic acids is 1. The quantitative estimate of drug-likeness (QED) is 0.702. The summed E-state index contributed by atoms with van der Waals surface area (Å²) in [5.74, 6) is -0.811. The summed E-state index contributed by atoms with van der Waals surface area (Å²) < 4.78 is 0.898. The van der Waals surface area contributed by atoms with Crippen molar-refractivity contribution in [1.82, 2.24) is 5.32 Å². The smallest absolute Gasteiger partial charge is 0.319 e. The van der Waals surface area contributed by atoms with E-state index >= 15 is 0 Å². The minimum Gasteiger partial charge on any atom is -0.481 e. The third kappa shape index (κ3) is 6.24. The number of anilines is 1. The van der Waals surface area contributed by atoms with Crippen LogP contribution in [-0.2, 0) is 4.79 Å². The lowest BCUT2D eigenvalue weighted by Gasteiger charge is -2.10. The summed E-state index contributed by atoms with van der Waals surface area (Å²) in [6.07, 6.45) is 1.34. The van der Waals surface area contributed by atoms with E-state index < -0.39 is 5.97 Å². The molecule has 0 saturated carbocycles. The largest absolute Gasteiger partial charge is 0.481 e. The van der Waals surface area contributed by atoms with Gasteiger partial charge in [0.25, 0.3) is 0 Å². The average Bonchev–Trinajstić information content (AvgIpc) is 2.33. The van der Waals surface area contributed by atoms with Crippen molar-refractivity contribution in [3.05, 3.63) is 28.2 Å². The van der Waals surface area contributed by atoms with Crippen LogP contribution in [0.15, 0.2) is 22.7 Å². The van der Waals surface area contributed by atoms with Crippen molar-refractivity contribution in [2.75, 3.05) is 11.9 Å². The van der Waals surface area contributed by atoms with Crippen LogP contribution in [0.1, 0.15) is 24.8 Å². The Morgan fingerprint density at radius 3 is 2.74 bits per heavy atom. The fourth-order valence-corrected chi connectivity index (χ4v) is 1.86. The molecule has 1 aromatic rings. The van der Waals surface area contributed by atoms with Gasteiger partial charge >= 0.3 is 12.0 Å². The average molecular weight is 329 g/mol. The van der Waals surface area contributed by atoms with Gasteiger partial charge < -0.3 is 15.7 Å². The third-order valence-corrected chi connectivity index (χ3v) is 3.04. The standard InChI is InChI=1S/C13H17BrN2O3/c1-9-5-6-10(14)8-11(9)16-13(19)15-7-3-2-4-12(17)18/h5-6,8H,2-4,7H2,1H3,(H,17,18)(H2,15,16,19). The van der Waals surface area contributed by atoms with E-state index in [1.807, 2.05) is 25.1 Å². The molecule has 6 heteroatoms. The highest BCUT2D eigenvalue weighted by atomic mass is 79.9. The molecule has 3 N–H and O–H groups in total. The molecule has 0 fully saturated rings.